The number of alkyl carbamates (subject to hydrolysis) is 1. The van der Waals surface area contributed by atoms with E-state index < -0.39 is 11.7 Å². The van der Waals surface area contributed by atoms with Crippen molar-refractivity contribution in [2.75, 3.05) is 12.3 Å². The number of ether oxygens (including phenoxy) is 1. The third kappa shape index (κ3) is 9.97. The Morgan fingerprint density at radius 1 is 0.976 bits per heavy atom. The summed E-state index contributed by atoms with van der Waals surface area (Å²) in [6, 6.07) is 21.9. The minimum Gasteiger partial charge on any atom is -0.444 e. The molecular weight excluding hydrogens is 532 g/mol. The lowest BCUT2D eigenvalue weighted by Gasteiger charge is -2.25. The van der Waals surface area contributed by atoms with Crippen LogP contribution in [0.15, 0.2) is 85.3 Å². The first-order valence-electron chi connectivity index (χ1n) is 14.1. The van der Waals surface area contributed by atoms with Crippen LogP contribution in [0.4, 0.5) is 4.79 Å². The molecule has 0 aliphatic carbocycles. The lowest BCUT2D eigenvalue weighted by Crippen LogP contribution is -2.43. The summed E-state index contributed by atoms with van der Waals surface area (Å²) in [6.45, 7) is 6.15. The highest BCUT2D eigenvalue weighted by molar-refractivity contribution is 8.00. The third-order valence-corrected chi connectivity index (χ3v) is 7.96. The fourth-order valence-electron chi connectivity index (χ4n) is 4.64. The Balaban J connectivity index is 1.43. The van der Waals surface area contributed by atoms with Crippen LogP contribution in [-0.4, -0.2) is 51.2 Å². The summed E-state index contributed by atoms with van der Waals surface area (Å²) in [5.74, 6) is 0.562. The number of benzene rings is 2. The Labute approximate surface area is 246 Å². The zero-order valence-corrected chi connectivity index (χ0v) is 24.9. The molecule has 0 radical (unpaired) electrons. The van der Waals surface area contributed by atoms with Gasteiger partial charge >= 0.3 is 6.09 Å². The number of aromatic amines is 1. The van der Waals surface area contributed by atoms with E-state index in [0.717, 1.165) is 40.4 Å². The van der Waals surface area contributed by atoms with E-state index in [1.165, 1.54) is 0 Å². The molecule has 4 aromatic rings. The second kappa shape index (κ2) is 14.7. The Bertz CT molecular complexity index is 1390. The van der Waals surface area contributed by atoms with E-state index in [1.807, 2.05) is 93.8 Å². The SMILES string of the molecule is CC(C)(C)OC(=O)N[C@H](CS[C@H](Cc1ccccc1)C(=O)NCCCc1cccnc1)Cc1c[nH]c2ccccc12. The monoisotopic (exact) mass is 572 g/mol. The second-order valence-electron chi connectivity index (χ2n) is 11.2. The number of hydrogen-bond acceptors (Lipinski definition) is 5. The Kier molecular flexibility index (Phi) is 10.8. The molecule has 0 aliphatic rings. The van der Waals surface area contributed by atoms with Gasteiger partial charge in [0.2, 0.25) is 5.91 Å². The highest BCUT2D eigenvalue weighted by atomic mass is 32.2. The Hall–Kier alpha value is -3.78. The molecular formula is C33H40N4O3S. The van der Waals surface area contributed by atoms with Crippen molar-refractivity contribution in [3.8, 4) is 0 Å². The largest absolute Gasteiger partial charge is 0.444 e. The van der Waals surface area contributed by atoms with Crippen molar-refractivity contribution in [3.05, 3.63) is 102 Å². The number of nitrogens with zero attached hydrogens (tertiary/aromatic N) is 1. The Morgan fingerprint density at radius 2 is 1.73 bits per heavy atom. The first-order chi connectivity index (χ1) is 19.8. The molecule has 8 heteroatoms. The Morgan fingerprint density at radius 3 is 2.49 bits per heavy atom. The molecule has 0 fully saturated rings. The van der Waals surface area contributed by atoms with Gasteiger partial charge in [0.05, 0.1) is 5.25 Å². The van der Waals surface area contributed by atoms with E-state index in [0.29, 0.717) is 25.1 Å². The predicted molar refractivity (Wildman–Crippen MR) is 167 cm³/mol. The smallest absolute Gasteiger partial charge is 0.407 e. The number of rotatable bonds is 13. The van der Waals surface area contributed by atoms with E-state index in [9.17, 15) is 9.59 Å². The van der Waals surface area contributed by atoms with Crippen LogP contribution < -0.4 is 10.6 Å². The van der Waals surface area contributed by atoms with E-state index in [2.05, 4.69) is 26.7 Å². The fourth-order valence-corrected chi connectivity index (χ4v) is 5.85. The number of carbonyl (C=O) groups excluding carboxylic acids is 2. The number of aromatic nitrogens is 2. The van der Waals surface area contributed by atoms with Gasteiger partial charge in [-0.3, -0.25) is 9.78 Å². The molecule has 0 aliphatic heterocycles. The normalized spacial score (nSPS) is 13.0. The van der Waals surface area contributed by atoms with Gasteiger partial charge < -0.3 is 20.4 Å². The zero-order valence-electron chi connectivity index (χ0n) is 24.1. The third-order valence-electron chi connectivity index (χ3n) is 6.58. The van der Waals surface area contributed by atoms with Gasteiger partial charge in [-0.25, -0.2) is 4.79 Å². The van der Waals surface area contributed by atoms with E-state index in [4.69, 9.17) is 4.74 Å². The first kappa shape index (κ1) is 30.2. The van der Waals surface area contributed by atoms with Crippen molar-refractivity contribution in [1.82, 2.24) is 20.6 Å². The van der Waals surface area contributed by atoms with Crippen molar-refractivity contribution < 1.29 is 14.3 Å². The number of nitrogens with one attached hydrogen (secondary N) is 3. The van der Waals surface area contributed by atoms with Crippen LogP contribution in [0.2, 0.25) is 0 Å². The van der Waals surface area contributed by atoms with Crippen molar-refractivity contribution in [2.24, 2.45) is 0 Å². The summed E-state index contributed by atoms with van der Waals surface area (Å²) in [6.07, 6.45) is 8.08. The minimum atomic E-state index is -0.603. The van der Waals surface area contributed by atoms with E-state index in [-0.39, 0.29) is 17.2 Å². The summed E-state index contributed by atoms with van der Waals surface area (Å²) < 4.78 is 5.58. The van der Waals surface area contributed by atoms with Crippen LogP contribution in [0.1, 0.15) is 43.9 Å². The zero-order chi connectivity index (χ0) is 29.1. The number of hydrogen-bond donors (Lipinski definition) is 3. The van der Waals surface area contributed by atoms with Gasteiger partial charge in [-0.2, -0.15) is 0 Å². The molecule has 0 saturated carbocycles. The molecule has 0 bridgehead atoms. The highest BCUT2D eigenvalue weighted by Gasteiger charge is 2.25. The standard InChI is InChI=1S/C33H40N4O3S/c1-33(2,3)40-32(39)37-27(20-26-22-36-29-16-8-7-15-28(26)29)23-41-30(19-24-11-5-4-6-12-24)31(38)35-18-10-14-25-13-9-17-34-21-25/h4-9,11-13,15-17,21-22,27,30,36H,10,14,18-20,23H2,1-3H3,(H,35,38)(H,37,39)/t27-,30+/m0/s1. The number of thioether (sulfide) groups is 1. The number of H-pyrrole nitrogens is 1. The van der Waals surface area contributed by atoms with Gasteiger partial charge in [-0.15, -0.1) is 11.8 Å². The number of amides is 2. The lowest BCUT2D eigenvalue weighted by atomic mass is 10.1. The average molecular weight is 573 g/mol. The van der Waals surface area contributed by atoms with Crippen molar-refractivity contribution in [3.63, 3.8) is 0 Å². The molecule has 2 heterocycles. The summed E-state index contributed by atoms with van der Waals surface area (Å²) in [5.41, 5.74) is 3.82. The second-order valence-corrected chi connectivity index (χ2v) is 12.4. The number of para-hydroxylation sites is 1. The van der Waals surface area contributed by atoms with Crippen LogP contribution in [-0.2, 0) is 28.8 Å². The van der Waals surface area contributed by atoms with Crippen LogP contribution in [0.3, 0.4) is 0 Å². The minimum absolute atomic E-state index is 0.00755. The maximum absolute atomic E-state index is 13.4. The molecule has 3 N–H and O–H groups in total. The molecule has 4 rings (SSSR count). The van der Waals surface area contributed by atoms with Crippen LogP contribution in [0.25, 0.3) is 10.9 Å². The van der Waals surface area contributed by atoms with E-state index >= 15 is 0 Å². The summed E-state index contributed by atoms with van der Waals surface area (Å²) in [4.78, 5) is 33.7. The van der Waals surface area contributed by atoms with Crippen LogP contribution in [0, 0.1) is 0 Å². The molecule has 7 nitrogen and oxygen atoms in total. The van der Waals surface area contributed by atoms with Gasteiger partial charge in [0.15, 0.2) is 0 Å². The average Bonchev–Trinajstić information content (AvgIpc) is 3.36. The topological polar surface area (TPSA) is 96.1 Å². The molecule has 2 aromatic carbocycles. The van der Waals surface area contributed by atoms with Crippen molar-refractivity contribution in [1.29, 1.82) is 0 Å². The number of pyridine rings is 1. The number of aryl methyl sites for hydroxylation is 1. The fraction of sp³-hybridized carbons (Fsp3) is 0.364. The number of fused-ring (bicyclic) bond motifs is 1. The van der Waals surface area contributed by atoms with Crippen LogP contribution >= 0.6 is 11.8 Å². The number of carbonyl (C=O) groups is 2. The van der Waals surface area contributed by atoms with Gasteiger partial charge in [0.25, 0.3) is 0 Å². The summed E-state index contributed by atoms with van der Waals surface area (Å²) in [5, 5.41) is 7.03. The maximum Gasteiger partial charge on any atom is 0.407 e. The molecule has 0 saturated heterocycles. The van der Waals surface area contributed by atoms with Gasteiger partial charge in [-0.05, 0) is 75.3 Å². The summed E-state index contributed by atoms with van der Waals surface area (Å²) >= 11 is 1.57. The van der Waals surface area contributed by atoms with Crippen LogP contribution in [0.5, 0.6) is 0 Å². The highest BCUT2D eigenvalue weighted by Crippen LogP contribution is 2.23. The molecule has 2 amide bonds. The molecule has 2 aromatic heterocycles. The maximum atomic E-state index is 13.4. The van der Waals surface area contributed by atoms with Gasteiger partial charge in [0, 0.05) is 47.8 Å². The lowest BCUT2D eigenvalue weighted by molar-refractivity contribution is -0.120. The van der Waals surface area contributed by atoms with Gasteiger partial charge in [-0.1, -0.05) is 54.6 Å². The first-order valence-corrected chi connectivity index (χ1v) is 15.2. The van der Waals surface area contributed by atoms with Crippen molar-refractivity contribution >= 4 is 34.7 Å². The quantitative estimate of drug-likeness (QED) is 0.169. The van der Waals surface area contributed by atoms with Crippen molar-refractivity contribution in [2.45, 2.75) is 63.3 Å². The molecule has 216 valence electrons. The molecule has 0 unspecified atom stereocenters. The molecule has 0 spiro atoms. The van der Waals surface area contributed by atoms with E-state index in [1.54, 1.807) is 18.0 Å². The molecule has 41 heavy (non-hydrogen) atoms. The predicted octanol–water partition coefficient (Wildman–Crippen LogP) is 6.09. The molecule has 2 atom stereocenters. The van der Waals surface area contributed by atoms with Gasteiger partial charge in [0.1, 0.15) is 5.60 Å². The summed E-state index contributed by atoms with van der Waals surface area (Å²) in [7, 11) is 0.